The van der Waals surface area contributed by atoms with Crippen molar-refractivity contribution in [3.05, 3.63) is 23.3 Å². The molecule has 0 bridgehead atoms. The Balaban J connectivity index is 3.84. The van der Waals surface area contributed by atoms with E-state index in [-0.39, 0.29) is 6.10 Å². The highest BCUT2D eigenvalue weighted by molar-refractivity contribution is 5.07. The van der Waals surface area contributed by atoms with Gasteiger partial charge in [-0.3, -0.25) is 0 Å². The van der Waals surface area contributed by atoms with Gasteiger partial charge in [-0.1, -0.05) is 17.7 Å². The van der Waals surface area contributed by atoms with Crippen LogP contribution in [0.25, 0.3) is 0 Å². The smallest absolute Gasteiger partial charge is 0.0719 e. The monoisotopic (exact) mass is 154 g/mol. The lowest BCUT2D eigenvalue weighted by molar-refractivity contribution is 0.231. The lowest BCUT2D eigenvalue weighted by Crippen LogP contribution is -2.00. The van der Waals surface area contributed by atoms with Crippen LogP contribution < -0.4 is 0 Å². The average molecular weight is 154 g/mol. The summed E-state index contributed by atoms with van der Waals surface area (Å²) in [6.07, 6.45) is 4.82. The van der Waals surface area contributed by atoms with E-state index in [0.717, 1.165) is 12.0 Å². The molecule has 0 saturated carbocycles. The second kappa shape index (κ2) is 5.14. The fourth-order valence-electron chi connectivity index (χ4n) is 0.651. The molecule has 0 aromatic heterocycles. The molecular formula is C10H18O. The van der Waals surface area contributed by atoms with Crippen molar-refractivity contribution in [1.82, 2.24) is 0 Å². The van der Waals surface area contributed by atoms with Crippen molar-refractivity contribution in [1.29, 1.82) is 0 Å². The zero-order valence-electron chi connectivity index (χ0n) is 7.89. The van der Waals surface area contributed by atoms with Gasteiger partial charge in [-0.05, 0) is 39.7 Å². The highest BCUT2D eigenvalue weighted by atomic mass is 16.3. The summed E-state index contributed by atoms with van der Waals surface area (Å²) in [6.45, 7) is 7.88. The van der Waals surface area contributed by atoms with Crippen LogP contribution in [0.3, 0.4) is 0 Å². The first-order chi connectivity index (χ1) is 5.04. The van der Waals surface area contributed by atoms with Crippen molar-refractivity contribution in [2.45, 2.75) is 40.2 Å². The van der Waals surface area contributed by atoms with Gasteiger partial charge in [0.1, 0.15) is 0 Å². The molecule has 64 valence electrons. The van der Waals surface area contributed by atoms with Gasteiger partial charge >= 0.3 is 0 Å². The van der Waals surface area contributed by atoms with Gasteiger partial charge in [0.05, 0.1) is 6.10 Å². The Morgan fingerprint density at radius 1 is 1.27 bits per heavy atom. The van der Waals surface area contributed by atoms with Gasteiger partial charge in [0.2, 0.25) is 0 Å². The molecule has 0 heterocycles. The van der Waals surface area contributed by atoms with E-state index >= 15 is 0 Å². The Kier molecular flexibility index (Phi) is 4.88. The van der Waals surface area contributed by atoms with Gasteiger partial charge < -0.3 is 5.11 Å². The van der Waals surface area contributed by atoms with Crippen molar-refractivity contribution >= 4 is 0 Å². The summed E-state index contributed by atoms with van der Waals surface area (Å²) in [6, 6.07) is 0. The van der Waals surface area contributed by atoms with Crippen molar-refractivity contribution in [2.75, 3.05) is 0 Å². The van der Waals surface area contributed by atoms with Crippen LogP contribution in [0.15, 0.2) is 23.3 Å². The van der Waals surface area contributed by atoms with Gasteiger partial charge in [0.25, 0.3) is 0 Å². The standard InChI is InChI=1S/C10H18O/c1-8(2)6-5-7-9(3)10(4)11/h6-7,10-11H,5H2,1-4H3. The highest BCUT2D eigenvalue weighted by Crippen LogP contribution is 2.03. The van der Waals surface area contributed by atoms with Crippen LogP contribution in [0.2, 0.25) is 0 Å². The fraction of sp³-hybridized carbons (Fsp3) is 0.600. The molecule has 0 aromatic rings. The molecule has 1 atom stereocenters. The van der Waals surface area contributed by atoms with Gasteiger partial charge in [0.15, 0.2) is 0 Å². The third kappa shape index (κ3) is 5.86. The van der Waals surface area contributed by atoms with E-state index in [1.54, 1.807) is 6.92 Å². The number of allylic oxidation sites excluding steroid dienone is 3. The van der Waals surface area contributed by atoms with Crippen LogP contribution in [0.1, 0.15) is 34.1 Å². The normalized spacial score (nSPS) is 14.5. The van der Waals surface area contributed by atoms with Crippen LogP contribution in [0.5, 0.6) is 0 Å². The number of rotatable bonds is 3. The lowest BCUT2D eigenvalue weighted by Gasteiger charge is -2.02. The van der Waals surface area contributed by atoms with E-state index in [0.29, 0.717) is 0 Å². The van der Waals surface area contributed by atoms with Crippen molar-refractivity contribution < 1.29 is 5.11 Å². The predicted molar refractivity (Wildman–Crippen MR) is 49.5 cm³/mol. The molecule has 0 amide bonds. The maximum atomic E-state index is 9.10. The summed E-state index contributed by atoms with van der Waals surface area (Å²) in [5.41, 5.74) is 2.36. The summed E-state index contributed by atoms with van der Waals surface area (Å²) in [5, 5.41) is 9.10. The van der Waals surface area contributed by atoms with Crippen LogP contribution in [-0.2, 0) is 0 Å². The average Bonchev–Trinajstić information content (AvgIpc) is 1.86. The molecule has 1 N–H and O–H groups in total. The minimum absolute atomic E-state index is 0.305. The van der Waals surface area contributed by atoms with Crippen LogP contribution >= 0.6 is 0 Å². The molecular weight excluding hydrogens is 136 g/mol. The first kappa shape index (κ1) is 10.4. The third-order valence-electron chi connectivity index (χ3n) is 1.62. The maximum absolute atomic E-state index is 9.10. The molecule has 0 aliphatic heterocycles. The predicted octanol–water partition coefficient (Wildman–Crippen LogP) is 2.67. The molecule has 0 aromatic carbocycles. The second-order valence-corrected chi connectivity index (χ2v) is 3.14. The molecule has 0 rings (SSSR count). The van der Waals surface area contributed by atoms with Crippen molar-refractivity contribution in [3.63, 3.8) is 0 Å². The van der Waals surface area contributed by atoms with E-state index in [2.05, 4.69) is 26.0 Å². The van der Waals surface area contributed by atoms with E-state index in [1.165, 1.54) is 5.57 Å². The zero-order valence-corrected chi connectivity index (χ0v) is 7.89. The van der Waals surface area contributed by atoms with E-state index in [1.807, 2.05) is 6.92 Å². The van der Waals surface area contributed by atoms with Gasteiger partial charge in [-0.25, -0.2) is 0 Å². The highest BCUT2D eigenvalue weighted by Gasteiger charge is 1.94. The molecule has 0 spiro atoms. The summed E-state index contributed by atoms with van der Waals surface area (Å²) in [4.78, 5) is 0. The molecule has 0 saturated heterocycles. The van der Waals surface area contributed by atoms with Gasteiger partial charge in [0, 0.05) is 0 Å². The Labute approximate surface area is 69.4 Å². The molecule has 1 unspecified atom stereocenters. The maximum Gasteiger partial charge on any atom is 0.0719 e. The molecule has 0 aliphatic carbocycles. The second-order valence-electron chi connectivity index (χ2n) is 3.14. The Morgan fingerprint density at radius 2 is 1.82 bits per heavy atom. The molecule has 0 fully saturated rings. The molecule has 1 nitrogen and oxygen atoms in total. The molecule has 0 aliphatic rings. The first-order valence-electron chi connectivity index (χ1n) is 4.02. The lowest BCUT2D eigenvalue weighted by atomic mass is 10.1. The van der Waals surface area contributed by atoms with Crippen molar-refractivity contribution in [2.24, 2.45) is 0 Å². The van der Waals surface area contributed by atoms with Crippen LogP contribution in [0.4, 0.5) is 0 Å². The number of hydrogen-bond acceptors (Lipinski definition) is 1. The Hall–Kier alpha value is -0.560. The molecule has 1 heteroatoms. The number of aliphatic hydroxyl groups is 1. The molecule has 0 radical (unpaired) electrons. The van der Waals surface area contributed by atoms with Crippen LogP contribution in [0, 0.1) is 0 Å². The SMILES string of the molecule is CC(C)=CCC=C(C)C(C)O. The minimum atomic E-state index is -0.305. The van der Waals surface area contributed by atoms with E-state index < -0.39 is 0 Å². The summed E-state index contributed by atoms with van der Waals surface area (Å²) in [5.74, 6) is 0. The van der Waals surface area contributed by atoms with E-state index in [4.69, 9.17) is 5.11 Å². The summed E-state index contributed by atoms with van der Waals surface area (Å²) >= 11 is 0. The van der Waals surface area contributed by atoms with Crippen molar-refractivity contribution in [3.8, 4) is 0 Å². The van der Waals surface area contributed by atoms with Crippen LogP contribution in [-0.4, -0.2) is 11.2 Å². The zero-order chi connectivity index (χ0) is 8.85. The molecule has 11 heavy (non-hydrogen) atoms. The van der Waals surface area contributed by atoms with E-state index in [9.17, 15) is 0 Å². The Morgan fingerprint density at radius 3 is 2.18 bits per heavy atom. The number of hydrogen-bond donors (Lipinski definition) is 1. The Bertz CT molecular complexity index is 160. The van der Waals surface area contributed by atoms with Gasteiger partial charge in [-0.2, -0.15) is 0 Å². The third-order valence-corrected chi connectivity index (χ3v) is 1.62. The fourth-order valence-corrected chi connectivity index (χ4v) is 0.651. The summed E-state index contributed by atoms with van der Waals surface area (Å²) < 4.78 is 0. The quantitative estimate of drug-likeness (QED) is 0.620. The van der Waals surface area contributed by atoms with Gasteiger partial charge in [-0.15, -0.1) is 0 Å². The minimum Gasteiger partial charge on any atom is -0.389 e. The largest absolute Gasteiger partial charge is 0.389 e. The number of aliphatic hydroxyl groups excluding tert-OH is 1. The topological polar surface area (TPSA) is 20.2 Å². The summed E-state index contributed by atoms with van der Waals surface area (Å²) in [7, 11) is 0. The first-order valence-corrected chi connectivity index (χ1v) is 4.02.